The number of piperidine rings is 1. The maximum Gasteiger partial charge on any atom is 0.191 e. The van der Waals surface area contributed by atoms with Crippen LogP contribution in [0.4, 0.5) is 0 Å². The number of aryl methyl sites for hydroxylation is 1. The van der Waals surface area contributed by atoms with Gasteiger partial charge in [-0.3, -0.25) is 0 Å². The Morgan fingerprint density at radius 1 is 1.18 bits per heavy atom. The van der Waals surface area contributed by atoms with Crippen molar-refractivity contribution in [2.45, 2.75) is 70.5 Å². The summed E-state index contributed by atoms with van der Waals surface area (Å²) < 4.78 is 7.15. The Hall–Kier alpha value is -1.67. The van der Waals surface area contributed by atoms with Gasteiger partial charge in [-0.2, -0.15) is 0 Å². The van der Waals surface area contributed by atoms with E-state index in [-0.39, 0.29) is 0 Å². The molecule has 1 saturated heterocycles. The van der Waals surface area contributed by atoms with Crippen molar-refractivity contribution in [3.05, 3.63) is 11.6 Å². The summed E-state index contributed by atoms with van der Waals surface area (Å²) in [4.78, 5) is 7.48. The van der Waals surface area contributed by atoms with E-state index in [0.717, 1.165) is 43.2 Å². The Morgan fingerprint density at radius 3 is 2.57 bits per heavy atom. The van der Waals surface area contributed by atoms with Crippen molar-refractivity contribution < 1.29 is 4.74 Å². The summed E-state index contributed by atoms with van der Waals surface area (Å²) >= 11 is 0. The molecule has 0 bridgehead atoms. The third-order valence-corrected chi connectivity index (χ3v) is 6.09. The minimum atomic E-state index is 0.479. The lowest BCUT2D eigenvalue weighted by molar-refractivity contribution is 0.150. The summed E-state index contributed by atoms with van der Waals surface area (Å²) in [5.74, 6) is 2.66. The predicted octanol–water partition coefficient (Wildman–Crippen LogP) is 1.60. The molecule has 0 aromatic carbocycles. The van der Waals surface area contributed by atoms with Gasteiger partial charge in [0.25, 0.3) is 0 Å². The Morgan fingerprint density at radius 2 is 1.93 bits per heavy atom. The molecule has 1 aromatic heterocycles. The van der Waals surface area contributed by atoms with Crippen molar-refractivity contribution in [3.63, 3.8) is 0 Å². The maximum atomic E-state index is 5.15. The second kappa shape index (κ2) is 10.8. The number of hydrogen-bond donors (Lipinski definition) is 2. The number of nitrogens with one attached hydrogen (secondary N) is 2. The number of rotatable bonds is 8. The Bertz CT molecular complexity index is 616. The molecule has 0 atom stereocenters. The van der Waals surface area contributed by atoms with E-state index >= 15 is 0 Å². The van der Waals surface area contributed by atoms with E-state index in [1.807, 2.05) is 18.5 Å². The predicted molar refractivity (Wildman–Crippen MR) is 111 cm³/mol. The standard InChI is InChI=1S/C20H37N7O/c1-16-24-25-19(26(16)2)15-22-20(21-11-6-14-28-3)23-17-9-12-27(13-10-17)18-7-4-5-8-18/h17-18H,4-15H2,1-3H3,(H2,21,22,23). The van der Waals surface area contributed by atoms with Crippen molar-refractivity contribution in [1.29, 1.82) is 0 Å². The Kier molecular flexibility index (Phi) is 8.09. The molecule has 28 heavy (non-hydrogen) atoms. The number of methoxy groups -OCH3 is 1. The SMILES string of the molecule is COCCCNC(=NCc1nnc(C)n1C)NC1CCN(C2CCCC2)CC1. The molecule has 1 aromatic rings. The van der Waals surface area contributed by atoms with E-state index in [1.54, 1.807) is 7.11 Å². The van der Waals surface area contributed by atoms with E-state index in [1.165, 1.54) is 51.6 Å². The molecule has 0 spiro atoms. The quantitative estimate of drug-likeness (QED) is 0.398. The van der Waals surface area contributed by atoms with Crippen molar-refractivity contribution in [2.75, 3.05) is 33.4 Å². The lowest BCUT2D eigenvalue weighted by Crippen LogP contribution is -2.50. The lowest BCUT2D eigenvalue weighted by Gasteiger charge is -2.36. The van der Waals surface area contributed by atoms with Crippen LogP contribution in [0, 0.1) is 6.92 Å². The second-order valence-electron chi connectivity index (χ2n) is 8.05. The first-order valence-corrected chi connectivity index (χ1v) is 10.8. The number of aliphatic imine (C=N–C) groups is 1. The van der Waals surface area contributed by atoms with Gasteiger partial charge in [-0.1, -0.05) is 12.8 Å². The second-order valence-corrected chi connectivity index (χ2v) is 8.05. The average molecular weight is 392 g/mol. The fraction of sp³-hybridized carbons (Fsp3) is 0.850. The van der Waals surface area contributed by atoms with Gasteiger partial charge in [-0.15, -0.1) is 10.2 Å². The van der Waals surface area contributed by atoms with Crippen LogP contribution >= 0.6 is 0 Å². The molecule has 0 amide bonds. The monoisotopic (exact) mass is 391 g/mol. The fourth-order valence-electron chi connectivity index (χ4n) is 4.19. The smallest absolute Gasteiger partial charge is 0.191 e. The molecule has 2 heterocycles. The highest BCUT2D eigenvalue weighted by atomic mass is 16.5. The fourth-order valence-corrected chi connectivity index (χ4v) is 4.19. The van der Waals surface area contributed by atoms with Crippen LogP contribution in [0.25, 0.3) is 0 Å². The van der Waals surface area contributed by atoms with Gasteiger partial charge in [0.2, 0.25) is 0 Å². The number of aromatic nitrogens is 3. The molecule has 2 aliphatic rings. The molecule has 1 aliphatic carbocycles. The van der Waals surface area contributed by atoms with Crippen LogP contribution in [0.15, 0.2) is 4.99 Å². The third-order valence-electron chi connectivity index (χ3n) is 6.09. The molecule has 8 heteroatoms. The third kappa shape index (κ3) is 5.91. The van der Waals surface area contributed by atoms with Gasteiger partial charge in [0.05, 0.1) is 0 Å². The maximum absolute atomic E-state index is 5.15. The molecule has 3 rings (SSSR count). The highest BCUT2D eigenvalue weighted by Gasteiger charge is 2.27. The van der Waals surface area contributed by atoms with E-state index in [2.05, 4.69) is 25.7 Å². The first-order chi connectivity index (χ1) is 13.7. The van der Waals surface area contributed by atoms with Crippen LogP contribution in [0.3, 0.4) is 0 Å². The zero-order chi connectivity index (χ0) is 19.8. The highest BCUT2D eigenvalue weighted by molar-refractivity contribution is 5.80. The number of guanidine groups is 1. The average Bonchev–Trinajstić information content (AvgIpc) is 3.35. The summed E-state index contributed by atoms with van der Waals surface area (Å²) in [5, 5.41) is 15.5. The van der Waals surface area contributed by atoms with Crippen molar-refractivity contribution in [2.24, 2.45) is 12.0 Å². The van der Waals surface area contributed by atoms with Gasteiger partial charge >= 0.3 is 0 Å². The van der Waals surface area contributed by atoms with Crippen molar-refractivity contribution in [1.82, 2.24) is 30.3 Å². The zero-order valence-corrected chi connectivity index (χ0v) is 17.8. The van der Waals surface area contributed by atoms with Crippen molar-refractivity contribution in [3.8, 4) is 0 Å². The summed E-state index contributed by atoms with van der Waals surface area (Å²) in [6.45, 7) is 6.48. The van der Waals surface area contributed by atoms with Crippen LogP contribution in [-0.4, -0.2) is 71.1 Å². The number of likely N-dealkylation sites (tertiary alicyclic amines) is 1. The molecule has 158 valence electrons. The van der Waals surface area contributed by atoms with E-state index in [4.69, 9.17) is 9.73 Å². The number of ether oxygens (including phenoxy) is 1. The summed E-state index contributed by atoms with van der Waals surface area (Å²) in [6.07, 6.45) is 8.92. The normalized spacial score (nSPS) is 20.0. The Labute approximate surface area is 169 Å². The molecular formula is C20H37N7O. The molecule has 1 saturated carbocycles. The van der Waals surface area contributed by atoms with Gasteiger partial charge in [0.15, 0.2) is 11.8 Å². The van der Waals surface area contributed by atoms with E-state index < -0.39 is 0 Å². The van der Waals surface area contributed by atoms with Crippen LogP contribution in [0.5, 0.6) is 0 Å². The summed E-state index contributed by atoms with van der Waals surface area (Å²) in [5.41, 5.74) is 0. The number of nitrogens with zero attached hydrogens (tertiary/aromatic N) is 5. The van der Waals surface area contributed by atoms with Gasteiger partial charge in [-0.25, -0.2) is 4.99 Å². The van der Waals surface area contributed by atoms with Gasteiger partial charge in [0, 0.05) is 52.5 Å². The molecule has 2 N–H and O–H groups in total. The number of hydrogen-bond acceptors (Lipinski definition) is 5. The van der Waals surface area contributed by atoms with Crippen LogP contribution in [0.2, 0.25) is 0 Å². The zero-order valence-electron chi connectivity index (χ0n) is 17.8. The Balaban J connectivity index is 1.52. The highest BCUT2D eigenvalue weighted by Crippen LogP contribution is 2.26. The molecule has 1 aliphatic heterocycles. The largest absolute Gasteiger partial charge is 0.385 e. The minimum Gasteiger partial charge on any atom is -0.385 e. The molecule has 0 radical (unpaired) electrons. The van der Waals surface area contributed by atoms with Gasteiger partial charge in [-0.05, 0) is 39.0 Å². The molecule has 0 unspecified atom stereocenters. The van der Waals surface area contributed by atoms with Crippen molar-refractivity contribution >= 4 is 5.96 Å². The topological polar surface area (TPSA) is 79.6 Å². The van der Waals surface area contributed by atoms with E-state index in [9.17, 15) is 0 Å². The van der Waals surface area contributed by atoms with E-state index in [0.29, 0.717) is 12.6 Å². The summed E-state index contributed by atoms with van der Waals surface area (Å²) in [6, 6.07) is 1.31. The first-order valence-electron chi connectivity index (χ1n) is 10.8. The molecule has 8 nitrogen and oxygen atoms in total. The van der Waals surface area contributed by atoms with Gasteiger partial charge < -0.3 is 24.8 Å². The van der Waals surface area contributed by atoms with Gasteiger partial charge in [0.1, 0.15) is 12.4 Å². The van der Waals surface area contributed by atoms with Crippen LogP contribution in [0.1, 0.15) is 56.6 Å². The minimum absolute atomic E-state index is 0.479. The summed E-state index contributed by atoms with van der Waals surface area (Å²) in [7, 11) is 3.72. The first kappa shape index (κ1) is 21.0. The lowest BCUT2D eigenvalue weighted by atomic mass is 10.0. The molecular weight excluding hydrogens is 354 g/mol. The molecule has 2 fully saturated rings. The van der Waals surface area contributed by atoms with Crippen LogP contribution < -0.4 is 10.6 Å². The van der Waals surface area contributed by atoms with Crippen LogP contribution in [-0.2, 0) is 18.3 Å².